The quantitative estimate of drug-likeness (QED) is 0.407. The van der Waals surface area contributed by atoms with Gasteiger partial charge in [-0.3, -0.25) is 0 Å². The topological polar surface area (TPSA) is 9.23 Å². The maximum Gasteiger partial charge on any atom is 0.194 e. The number of benzene rings is 2. The van der Waals surface area contributed by atoms with E-state index in [4.69, 9.17) is 4.74 Å². The van der Waals surface area contributed by atoms with Crippen LogP contribution in [0, 0.1) is 17.5 Å². The maximum atomic E-state index is 13.5. The summed E-state index contributed by atoms with van der Waals surface area (Å²) in [6.07, 6.45) is 7.43. The van der Waals surface area contributed by atoms with Gasteiger partial charge in [-0.15, -0.1) is 0 Å². The third-order valence-corrected chi connectivity index (χ3v) is 5.06. The van der Waals surface area contributed by atoms with Gasteiger partial charge in [0.25, 0.3) is 0 Å². The van der Waals surface area contributed by atoms with Gasteiger partial charge in [-0.25, -0.2) is 13.2 Å². The van der Waals surface area contributed by atoms with Gasteiger partial charge >= 0.3 is 0 Å². The normalized spacial score (nSPS) is 16.5. The highest BCUT2D eigenvalue weighted by Gasteiger charge is 2.23. The van der Waals surface area contributed by atoms with Crippen molar-refractivity contribution in [2.24, 2.45) is 0 Å². The molecule has 1 aliphatic rings. The lowest BCUT2D eigenvalue weighted by atomic mass is 9.92. The third kappa shape index (κ3) is 4.47. The van der Waals surface area contributed by atoms with Crippen molar-refractivity contribution in [3.05, 3.63) is 70.0 Å². The standard InChI is InChI=1S/C22H25F3O/c1-2-3-4-5-6-7-15-8-9-16-13-21(26-14-18(16)10-15)17-11-19(23)22(25)20(24)12-17/h8-12,21H,2-7,13-14H2,1H3. The molecule has 0 amide bonds. The Morgan fingerprint density at radius 1 is 0.923 bits per heavy atom. The van der Waals surface area contributed by atoms with Crippen molar-refractivity contribution in [3.8, 4) is 0 Å². The highest BCUT2D eigenvalue weighted by Crippen LogP contribution is 2.32. The van der Waals surface area contributed by atoms with E-state index in [2.05, 4.69) is 25.1 Å². The molecular weight excluding hydrogens is 337 g/mol. The molecule has 0 aliphatic carbocycles. The zero-order valence-electron chi connectivity index (χ0n) is 15.2. The van der Waals surface area contributed by atoms with E-state index in [1.807, 2.05) is 0 Å². The highest BCUT2D eigenvalue weighted by molar-refractivity contribution is 5.35. The number of rotatable bonds is 7. The molecule has 140 valence electrons. The van der Waals surface area contributed by atoms with E-state index in [1.54, 1.807) is 0 Å². The lowest BCUT2D eigenvalue weighted by Gasteiger charge is -2.26. The molecule has 1 unspecified atom stereocenters. The number of hydrogen-bond acceptors (Lipinski definition) is 1. The fraction of sp³-hybridized carbons (Fsp3) is 0.455. The van der Waals surface area contributed by atoms with Gasteiger partial charge in [-0.05, 0) is 47.2 Å². The van der Waals surface area contributed by atoms with Gasteiger partial charge in [-0.2, -0.15) is 0 Å². The van der Waals surface area contributed by atoms with Crippen LogP contribution >= 0.6 is 0 Å². The Morgan fingerprint density at radius 2 is 1.65 bits per heavy atom. The summed E-state index contributed by atoms with van der Waals surface area (Å²) < 4.78 is 45.9. The number of hydrogen-bond donors (Lipinski definition) is 0. The summed E-state index contributed by atoms with van der Waals surface area (Å²) in [4.78, 5) is 0. The second-order valence-electron chi connectivity index (χ2n) is 7.07. The number of unbranched alkanes of at least 4 members (excludes halogenated alkanes) is 4. The van der Waals surface area contributed by atoms with E-state index in [0.29, 0.717) is 18.6 Å². The Kier molecular flexibility index (Phi) is 6.36. The van der Waals surface area contributed by atoms with E-state index >= 15 is 0 Å². The van der Waals surface area contributed by atoms with Crippen molar-refractivity contribution in [1.29, 1.82) is 0 Å². The molecule has 1 nitrogen and oxygen atoms in total. The zero-order chi connectivity index (χ0) is 18.5. The minimum Gasteiger partial charge on any atom is -0.368 e. The van der Waals surface area contributed by atoms with Crippen LogP contribution < -0.4 is 0 Å². The van der Waals surface area contributed by atoms with Crippen LogP contribution in [0.2, 0.25) is 0 Å². The second kappa shape index (κ2) is 8.72. The Hall–Kier alpha value is -1.81. The minimum atomic E-state index is -1.44. The number of aryl methyl sites for hydroxylation is 1. The first kappa shape index (κ1) is 19.0. The van der Waals surface area contributed by atoms with Crippen LogP contribution in [0.1, 0.15) is 67.4 Å². The molecule has 0 aromatic heterocycles. The van der Waals surface area contributed by atoms with Crippen LogP contribution in [0.4, 0.5) is 13.2 Å². The molecular formula is C22H25F3O. The maximum absolute atomic E-state index is 13.5. The lowest BCUT2D eigenvalue weighted by Crippen LogP contribution is -2.16. The molecule has 0 radical (unpaired) electrons. The fourth-order valence-electron chi connectivity index (χ4n) is 3.53. The summed E-state index contributed by atoms with van der Waals surface area (Å²) >= 11 is 0. The van der Waals surface area contributed by atoms with Gasteiger partial charge in [0.1, 0.15) is 0 Å². The molecule has 1 atom stereocenters. The fourth-order valence-corrected chi connectivity index (χ4v) is 3.53. The van der Waals surface area contributed by atoms with Gasteiger partial charge < -0.3 is 4.74 Å². The van der Waals surface area contributed by atoms with Gasteiger partial charge in [0.05, 0.1) is 12.7 Å². The van der Waals surface area contributed by atoms with Crippen LogP contribution in [-0.4, -0.2) is 0 Å². The first-order valence-corrected chi connectivity index (χ1v) is 9.45. The predicted octanol–water partition coefficient (Wildman–Crippen LogP) is 6.43. The first-order valence-electron chi connectivity index (χ1n) is 9.45. The molecule has 1 aliphatic heterocycles. The van der Waals surface area contributed by atoms with Crippen LogP contribution in [0.15, 0.2) is 30.3 Å². The Bertz CT molecular complexity index is 734. The largest absolute Gasteiger partial charge is 0.368 e. The average Bonchev–Trinajstić information content (AvgIpc) is 2.65. The zero-order valence-corrected chi connectivity index (χ0v) is 15.2. The van der Waals surface area contributed by atoms with E-state index in [-0.39, 0.29) is 0 Å². The summed E-state index contributed by atoms with van der Waals surface area (Å²) in [5.41, 5.74) is 3.91. The van der Waals surface area contributed by atoms with Crippen molar-refractivity contribution in [2.75, 3.05) is 0 Å². The summed E-state index contributed by atoms with van der Waals surface area (Å²) in [7, 11) is 0. The van der Waals surface area contributed by atoms with E-state index in [1.165, 1.54) is 37.7 Å². The summed E-state index contributed by atoms with van der Waals surface area (Å²) in [6, 6.07) is 8.45. The number of halogens is 3. The molecule has 3 rings (SSSR count). The molecule has 0 saturated carbocycles. The van der Waals surface area contributed by atoms with Crippen molar-refractivity contribution < 1.29 is 17.9 Å². The molecule has 0 fully saturated rings. The third-order valence-electron chi connectivity index (χ3n) is 5.06. The minimum absolute atomic E-state index is 0.340. The molecule has 26 heavy (non-hydrogen) atoms. The molecule has 2 aromatic rings. The van der Waals surface area contributed by atoms with Crippen molar-refractivity contribution >= 4 is 0 Å². The summed E-state index contributed by atoms with van der Waals surface area (Å²) in [5.74, 6) is -3.78. The van der Waals surface area contributed by atoms with Gasteiger partial charge in [0.15, 0.2) is 17.5 Å². The molecule has 0 bridgehead atoms. The molecule has 0 N–H and O–H groups in total. The number of ether oxygens (including phenoxy) is 1. The highest BCUT2D eigenvalue weighted by atomic mass is 19.2. The first-order chi connectivity index (χ1) is 12.6. The van der Waals surface area contributed by atoms with Crippen LogP contribution in [0.5, 0.6) is 0 Å². The molecule has 2 aromatic carbocycles. The summed E-state index contributed by atoms with van der Waals surface area (Å²) in [5, 5.41) is 0. The van der Waals surface area contributed by atoms with Crippen LogP contribution in [0.3, 0.4) is 0 Å². The van der Waals surface area contributed by atoms with E-state index in [0.717, 1.165) is 29.7 Å². The predicted molar refractivity (Wildman–Crippen MR) is 96.5 cm³/mol. The van der Waals surface area contributed by atoms with Gasteiger partial charge in [-0.1, -0.05) is 50.8 Å². The monoisotopic (exact) mass is 362 g/mol. The van der Waals surface area contributed by atoms with Gasteiger partial charge in [0, 0.05) is 6.42 Å². The van der Waals surface area contributed by atoms with Crippen LogP contribution in [-0.2, 0) is 24.2 Å². The van der Waals surface area contributed by atoms with Crippen molar-refractivity contribution in [3.63, 3.8) is 0 Å². The molecule has 4 heteroatoms. The van der Waals surface area contributed by atoms with Gasteiger partial charge in [0.2, 0.25) is 0 Å². The van der Waals surface area contributed by atoms with E-state index in [9.17, 15) is 13.2 Å². The lowest BCUT2D eigenvalue weighted by molar-refractivity contribution is 0.0269. The molecule has 0 spiro atoms. The molecule has 0 saturated heterocycles. The SMILES string of the molecule is CCCCCCCc1ccc2c(c1)COC(c1cc(F)c(F)c(F)c1)C2. The van der Waals surface area contributed by atoms with Crippen LogP contribution in [0.25, 0.3) is 0 Å². The van der Waals surface area contributed by atoms with Crippen molar-refractivity contribution in [1.82, 2.24) is 0 Å². The Labute approximate surface area is 153 Å². The van der Waals surface area contributed by atoms with E-state index < -0.39 is 23.6 Å². The average molecular weight is 362 g/mol. The summed E-state index contributed by atoms with van der Waals surface area (Å²) in [6.45, 7) is 2.62. The molecule has 1 heterocycles. The second-order valence-corrected chi connectivity index (χ2v) is 7.07. The van der Waals surface area contributed by atoms with Crippen molar-refractivity contribution in [2.45, 2.75) is 64.6 Å². The number of fused-ring (bicyclic) bond motifs is 1. The smallest absolute Gasteiger partial charge is 0.194 e. The Morgan fingerprint density at radius 3 is 2.38 bits per heavy atom. The Balaban J connectivity index is 1.64.